The monoisotopic (exact) mass is 456 g/mol. The molecule has 0 unspecified atom stereocenters. The summed E-state index contributed by atoms with van der Waals surface area (Å²) in [6, 6.07) is 19.6. The first-order valence-electron chi connectivity index (χ1n) is 10.4. The number of anilines is 1. The predicted octanol–water partition coefficient (Wildman–Crippen LogP) is 5.15. The van der Waals surface area contributed by atoms with E-state index in [0.29, 0.717) is 24.3 Å². The Kier molecular flexibility index (Phi) is 5.40. The molecule has 7 heteroatoms. The summed E-state index contributed by atoms with van der Waals surface area (Å²) in [5.74, 6) is -0.411. The van der Waals surface area contributed by atoms with Crippen LogP contribution in [0.2, 0.25) is 0 Å². The molecule has 2 aromatic carbocycles. The van der Waals surface area contributed by atoms with Crippen LogP contribution in [0.4, 0.5) is 5.69 Å². The maximum atomic E-state index is 13.3. The number of ether oxygens (including phenoxy) is 1. The van der Waals surface area contributed by atoms with E-state index in [1.807, 2.05) is 54.6 Å². The largest absolute Gasteiger partial charge is 0.499 e. The van der Waals surface area contributed by atoms with Gasteiger partial charge in [-0.05, 0) is 41.1 Å². The quantitative estimate of drug-likeness (QED) is 0.434. The molecule has 0 bridgehead atoms. The van der Waals surface area contributed by atoms with Gasteiger partial charge >= 0.3 is 5.97 Å². The van der Waals surface area contributed by atoms with E-state index in [9.17, 15) is 14.7 Å². The minimum atomic E-state index is -1.01. The third-order valence-corrected chi connectivity index (χ3v) is 6.85. The topological polar surface area (TPSA) is 79.7 Å². The van der Waals surface area contributed by atoms with Crippen molar-refractivity contribution in [1.29, 1.82) is 0 Å². The molecule has 164 valence electrons. The lowest BCUT2D eigenvalue weighted by molar-refractivity contribution is -0.114. The normalized spacial score (nSPS) is 13.7. The standard InChI is InChI=1S/C26H20N2O4S/c1-32-23-15-28(20-7-6-16-4-2-3-5-17(16)11-20)25(29)22(23)12-21-8-9-24(33-21)18-10-19(26(30)31)14-27-13-18/h2-11,13-14H,12,15H2,1H3,(H,30,31). The minimum absolute atomic E-state index is 0.0633. The van der Waals surface area contributed by atoms with E-state index in [4.69, 9.17) is 4.74 Å². The van der Waals surface area contributed by atoms with Gasteiger partial charge in [0.15, 0.2) is 0 Å². The average molecular weight is 457 g/mol. The summed E-state index contributed by atoms with van der Waals surface area (Å²) >= 11 is 1.51. The van der Waals surface area contributed by atoms with Gasteiger partial charge in [-0.1, -0.05) is 30.3 Å². The minimum Gasteiger partial charge on any atom is -0.499 e. The van der Waals surface area contributed by atoms with Crippen molar-refractivity contribution in [3.8, 4) is 10.4 Å². The number of nitrogens with zero attached hydrogens (tertiary/aromatic N) is 2. The summed E-state index contributed by atoms with van der Waals surface area (Å²) in [5, 5.41) is 11.4. The van der Waals surface area contributed by atoms with Crippen molar-refractivity contribution < 1.29 is 19.4 Å². The third-order valence-electron chi connectivity index (χ3n) is 5.72. The van der Waals surface area contributed by atoms with Gasteiger partial charge in [0, 0.05) is 39.8 Å². The summed E-state index contributed by atoms with van der Waals surface area (Å²) in [5.41, 5.74) is 2.36. The first-order valence-corrected chi connectivity index (χ1v) is 11.2. The Balaban J connectivity index is 1.39. The Morgan fingerprint density at radius 1 is 1.09 bits per heavy atom. The van der Waals surface area contributed by atoms with Gasteiger partial charge in [-0.25, -0.2) is 4.79 Å². The average Bonchev–Trinajstić information content (AvgIpc) is 3.44. The molecule has 0 fully saturated rings. The molecule has 0 radical (unpaired) electrons. The third kappa shape index (κ3) is 3.99. The number of thiophene rings is 1. The molecule has 4 aromatic rings. The molecule has 0 aliphatic carbocycles. The second-order valence-electron chi connectivity index (χ2n) is 7.74. The highest BCUT2D eigenvalue weighted by atomic mass is 32.1. The number of carbonyl (C=O) groups excluding carboxylic acids is 1. The van der Waals surface area contributed by atoms with E-state index in [2.05, 4.69) is 4.98 Å². The Labute approximate surface area is 194 Å². The van der Waals surface area contributed by atoms with Crippen LogP contribution in [0.3, 0.4) is 0 Å². The van der Waals surface area contributed by atoms with Crippen LogP contribution in [0.15, 0.2) is 84.4 Å². The molecule has 3 heterocycles. The molecule has 0 saturated heterocycles. The van der Waals surface area contributed by atoms with Crippen LogP contribution < -0.4 is 4.90 Å². The van der Waals surface area contributed by atoms with Crippen LogP contribution in [-0.4, -0.2) is 35.6 Å². The fourth-order valence-corrected chi connectivity index (χ4v) is 5.00. The maximum Gasteiger partial charge on any atom is 0.337 e. The fourth-order valence-electron chi connectivity index (χ4n) is 4.00. The molecule has 1 amide bonds. The van der Waals surface area contributed by atoms with E-state index in [1.54, 1.807) is 24.3 Å². The number of aromatic carboxylic acids is 1. The summed E-state index contributed by atoms with van der Waals surface area (Å²) in [6.45, 7) is 0.395. The van der Waals surface area contributed by atoms with Crippen molar-refractivity contribution in [2.24, 2.45) is 0 Å². The number of fused-ring (bicyclic) bond motifs is 1. The van der Waals surface area contributed by atoms with Crippen molar-refractivity contribution in [2.45, 2.75) is 6.42 Å². The van der Waals surface area contributed by atoms with Gasteiger partial charge < -0.3 is 14.7 Å². The first kappa shape index (κ1) is 20.9. The van der Waals surface area contributed by atoms with Crippen LogP contribution in [0.1, 0.15) is 15.2 Å². The smallest absolute Gasteiger partial charge is 0.337 e. The number of hydrogen-bond donors (Lipinski definition) is 1. The first-order chi connectivity index (χ1) is 16.0. The van der Waals surface area contributed by atoms with Crippen molar-refractivity contribution in [2.75, 3.05) is 18.6 Å². The second-order valence-corrected chi connectivity index (χ2v) is 8.91. The number of carboxylic acids is 1. The number of hydrogen-bond acceptors (Lipinski definition) is 5. The summed E-state index contributed by atoms with van der Waals surface area (Å²) in [7, 11) is 1.59. The number of pyridine rings is 1. The van der Waals surface area contributed by atoms with Gasteiger partial charge in [0.25, 0.3) is 5.91 Å². The number of amides is 1. The Morgan fingerprint density at radius 3 is 2.70 bits per heavy atom. The van der Waals surface area contributed by atoms with E-state index in [0.717, 1.165) is 31.8 Å². The van der Waals surface area contributed by atoms with Gasteiger partial charge in [0.1, 0.15) is 5.76 Å². The molecule has 1 aliphatic heterocycles. The van der Waals surface area contributed by atoms with Gasteiger partial charge in [-0.3, -0.25) is 9.78 Å². The Bertz CT molecular complexity index is 1420. The molecule has 0 spiro atoms. The van der Waals surface area contributed by atoms with Crippen molar-refractivity contribution in [1.82, 2.24) is 4.98 Å². The van der Waals surface area contributed by atoms with Crippen LogP contribution in [0, 0.1) is 0 Å². The molecule has 1 aliphatic rings. The zero-order chi connectivity index (χ0) is 22.9. The van der Waals surface area contributed by atoms with Crippen molar-refractivity contribution in [3.63, 3.8) is 0 Å². The molecule has 1 N–H and O–H groups in total. The molecule has 0 saturated carbocycles. The second kappa shape index (κ2) is 8.52. The number of aromatic nitrogens is 1. The van der Waals surface area contributed by atoms with Crippen LogP contribution in [0.25, 0.3) is 21.2 Å². The lowest BCUT2D eigenvalue weighted by Gasteiger charge is -2.17. The van der Waals surface area contributed by atoms with Crippen molar-refractivity contribution in [3.05, 3.63) is 94.8 Å². The lowest BCUT2D eigenvalue weighted by Crippen LogP contribution is -2.27. The zero-order valence-corrected chi connectivity index (χ0v) is 18.6. The fraction of sp³-hybridized carbons (Fsp3) is 0.115. The van der Waals surface area contributed by atoms with Crippen LogP contribution in [0.5, 0.6) is 0 Å². The SMILES string of the molecule is COC1=C(Cc2ccc(-c3cncc(C(=O)O)c3)s2)C(=O)N(c2ccc3ccccc3c2)C1. The number of carboxylic acid groups (broad SMARTS) is 1. The van der Waals surface area contributed by atoms with E-state index >= 15 is 0 Å². The lowest BCUT2D eigenvalue weighted by atomic mass is 10.1. The van der Waals surface area contributed by atoms with Crippen LogP contribution in [-0.2, 0) is 16.0 Å². The van der Waals surface area contributed by atoms with Gasteiger partial charge in [-0.15, -0.1) is 11.3 Å². The summed E-state index contributed by atoms with van der Waals surface area (Å²) < 4.78 is 5.59. The highest BCUT2D eigenvalue weighted by Crippen LogP contribution is 2.34. The highest BCUT2D eigenvalue weighted by Gasteiger charge is 2.32. The molecule has 0 atom stereocenters. The molecule has 33 heavy (non-hydrogen) atoms. The predicted molar refractivity (Wildman–Crippen MR) is 129 cm³/mol. The maximum absolute atomic E-state index is 13.3. The molecular formula is C26H20N2O4S. The number of benzene rings is 2. The van der Waals surface area contributed by atoms with E-state index in [1.165, 1.54) is 17.5 Å². The number of rotatable bonds is 6. The summed E-state index contributed by atoms with van der Waals surface area (Å²) in [4.78, 5) is 32.2. The van der Waals surface area contributed by atoms with E-state index < -0.39 is 5.97 Å². The molecular weight excluding hydrogens is 436 g/mol. The van der Waals surface area contributed by atoms with Gasteiger partial charge in [0.2, 0.25) is 0 Å². The molecule has 2 aromatic heterocycles. The van der Waals surface area contributed by atoms with E-state index in [-0.39, 0.29) is 11.5 Å². The van der Waals surface area contributed by atoms with Gasteiger partial charge in [-0.2, -0.15) is 0 Å². The molecule has 5 rings (SSSR count). The summed E-state index contributed by atoms with van der Waals surface area (Å²) in [6.07, 6.45) is 3.42. The highest BCUT2D eigenvalue weighted by molar-refractivity contribution is 7.15. The zero-order valence-electron chi connectivity index (χ0n) is 17.8. The Morgan fingerprint density at radius 2 is 1.91 bits per heavy atom. The number of carbonyl (C=O) groups is 2. The Hall–Kier alpha value is -3.97. The van der Waals surface area contributed by atoms with Gasteiger partial charge in [0.05, 0.1) is 24.8 Å². The van der Waals surface area contributed by atoms with Crippen LogP contribution >= 0.6 is 11.3 Å². The van der Waals surface area contributed by atoms with Crippen molar-refractivity contribution >= 4 is 39.7 Å². The number of methoxy groups -OCH3 is 1. The molecule has 6 nitrogen and oxygen atoms in total.